The van der Waals surface area contributed by atoms with Gasteiger partial charge in [-0.2, -0.15) is 0 Å². The van der Waals surface area contributed by atoms with Gasteiger partial charge in [0, 0.05) is 26.7 Å². The lowest BCUT2D eigenvalue weighted by atomic mass is 10.2. The van der Waals surface area contributed by atoms with E-state index in [1.54, 1.807) is 11.9 Å². The van der Waals surface area contributed by atoms with E-state index in [1.165, 1.54) is 0 Å². The molecule has 0 radical (unpaired) electrons. The monoisotopic (exact) mass is 243 g/mol. The molecule has 1 unspecified atom stereocenters. The van der Waals surface area contributed by atoms with Gasteiger partial charge in [-0.25, -0.2) is 0 Å². The number of amides is 2. The number of carbonyl (C=O) groups excluding carboxylic acids is 2. The fourth-order valence-electron chi connectivity index (χ4n) is 1.52. The van der Waals surface area contributed by atoms with Gasteiger partial charge in [-0.15, -0.1) is 0 Å². The molecule has 1 rings (SSSR count). The quantitative estimate of drug-likeness (QED) is 0.647. The maximum absolute atomic E-state index is 11.5. The second-order valence-electron chi connectivity index (χ2n) is 4.09. The van der Waals surface area contributed by atoms with E-state index in [4.69, 9.17) is 4.74 Å². The van der Waals surface area contributed by atoms with E-state index in [0.29, 0.717) is 26.1 Å². The van der Waals surface area contributed by atoms with Crippen LogP contribution in [0.4, 0.5) is 0 Å². The summed E-state index contributed by atoms with van der Waals surface area (Å²) in [6, 6.07) is 0. The smallest absolute Gasteiger partial charge is 0.241 e. The van der Waals surface area contributed by atoms with E-state index in [-0.39, 0.29) is 24.5 Å². The topological polar surface area (TPSA) is 70.7 Å². The number of hydrogen-bond acceptors (Lipinski definition) is 4. The average Bonchev–Trinajstić information content (AvgIpc) is 2.36. The zero-order valence-corrected chi connectivity index (χ0v) is 10.5. The number of likely N-dealkylation sites (N-methyl/N-ethyl adjacent to an activating group) is 1. The van der Waals surface area contributed by atoms with Crippen LogP contribution in [0.25, 0.3) is 0 Å². The molecule has 1 aliphatic heterocycles. The Morgan fingerprint density at radius 3 is 2.88 bits per heavy atom. The molecular formula is C11H21N3O3. The summed E-state index contributed by atoms with van der Waals surface area (Å²) in [6.07, 6.45) is 0.221. The lowest BCUT2D eigenvalue weighted by Gasteiger charge is -2.23. The van der Waals surface area contributed by atoms with E-state index in [9.17, 15) is 9.59 Å². The van der Waals surface area contributed by atoms with Crippen LogP contribution in [0.5, 0.6) is 0 Å². The van der Waals surface area contributed by atoms with Gasteiger partial charge in [0.25, 0.3) is 0 Å². The first-order valence-electron chi connectivity index (χ1n) is 5.96. The van der Waals surface area contributed by atoms with Crippen molar-refractivity contribution >= 4 is 11.8 Å². The second-order valence-corrected chi connectivity index (χ2v) is 4.09. The molecule has 1 atom stereocenters. The molecule has 0 bridgehead atoms. The maximum atomic E-state index is 11.5. The molecule has 1 aliphatic rings. The highest BCUT2D eigenvalue weighted by molar-refractivity contribution is 5.84. The van der Waals surface area contributed by atoms with E-state index in [2.05, 4.69) is 10.6 Å². The summed E-state index contributed by atoms with van der Waals surface area (Å²) in [4.78, 5) is 24.5. The van der Waals surface area contributed by atoms with Gasteiger partial charge in [-0.3, -0.25) is 9.59 Å². The van der Waals surface area contributed by atoms with Crippen molar-refractivity contribution in [2.24, 2.45) is 0 Å². The van der Waals surface area contributed by atoms with Gasteiger partial charge < -0.3 is 20.3 Å². The molecule has 1 fully saturated rings. The van der Waals surface area contributed by atoms with Crippen molar-refractivity contribution in [2.45, 2.75) is 19.4 Å². The molecule has 0 aromatic rings. The molecule has 1 heterocycles. The Balaban J connectivity index is 2.18. The van der Waals surface area contributed by atoms with Gasteiger partial charge in [-0.1, -0.05) is 0 Å². The predicted molar refractivity (Wildman–Crippen MR) is 63.5 cm³/mol. The highest BCUT2D eigenvalue weighted by Crippen LogP contribution is 2.00. The van der Waals surface area contributed by atoms with Gasteiger partial charge in [0.1, 0.15) is 0 Å². The number of carbonyl (C=O) groups is 2. The van der Waals surface area contributed by atoms with E-state index >= 15 is 0 Å². The molecule has 98 valence electrons. The minimum absolute atomic E-state index is 0.0589. The Labute approximate surface area is 102 Å². The van der Waals surface area contributed by atoms with Gasteiger partial charge >= 0.3 is 0 Å². The summed E-state index contributed by atoms with van der Waals surface area (Å²) in [5.41, 5.74) is 0. The van der Waals surface area contributed by atoms with Gasteiger partial charge in [0.05, 0.1) is 25.7 Å². The summed E-state index contributed by atoms with van der Waals surface area (Å²) >= 11 is 0. The largest absolute Gasteiger partial charge is 0.375 e. The number of nitrogens with zero attached hydrogens (tertiary/aromatic N) is 1. The molecule has 0 spiro atoms. The summed E-state index contributed by atoms with van der Waals surface area (Å²) in [6.45, 7) is 4.75. The zero-order chi connectivity index (χ0) is 12.7. The first-order chi connectivity index (χ1) is 8.13. The zero-order valence-electron chi connectivity index (χ0n) is 10.5. The van der Waals surface area contributed by atoms with Crippen molar-refractivity contribution in [3.8, 4) is 0 Å². The summed E-state index contributed by atoms with van der Waals surface area (Å²) in [7, 11) is 1.71. The van der Waals surface area contributed by atoms with Crippen LogP contribution in [-0.2, 0) is 14.3 Å². The van der Waals surface area contributed by atoms with Crippen molar-refractivity contribution in [1.29, 1.82) is 0 Å². The minimum atomic E-state index is -0.142. The Morgan fingerprint density at radius 1 is 1.53 bits per heavy atom. The van der Waals surface area contributed by atoms with Crippen molar-refractivity contribution < 1.29 is 14.3 Å². The SMILES string of the molecule is CCN(C)C(=O)CNC(=O)CC1CNCCO1. The fraction of sp³-hybridized carbons (Fsp3) is 0.818. The molecule has 1 saturated heterocycles. The van der Waals surface area contributed by atoms with Gasteiger partial charge in [-0.05, 0) is 6.92 Å². The number of nitrogens with one attached hydrogen (secondary N) is 2. The van der Waals surface area contributed by atoms with E-state index in [1.807, 2.05) is 6.92 Å². The first kappa shape index (κ1) is 13.9. The van der Waals surface area contributed by atoms with Crippen LogP contribution < -0.4 is 10.6 Å². The third-order valence-electron chi connectivity index (χ3n) is 2.75. The Hall–Kier alpha value is -1.14. The third-order valence-corrected chi connectivity index (χ3v) is 2.75. The Kier molecular flexibility index (Phi) is 5.93. The molecule has 0 aliphatic carbocycles. The van der Waals surface area contributed by atoms with Gasteiger partial charge in [0.2, 0.25) is 11.8 Å². The molecule has 0 saturated carbocycles. The molecule has 2 amide bonds. The molecule has 0 aromatic carbocycles. The van der Waals surface area contributed by atoms with E-state index < -0.39 is 0 Å². The van der Waals surface area contributed by atoms with Crippen LogP contribution in [0.1, 0.15) is 13.3 Å². The standard InChI is InChI=1S/C11H21N3O3/c1-3-14(2)11(16)8-13-10(15)6-9-7-12-4-5-17-9/h9,12H,3-8H2,1-2H3,(H,13,15). The fourth-order valence-corrected chi connectivity index (χ4v) is 1.52. The molecular weight excluding hydrogens is 222 g/mol. The highest BCUT2D eigenvalue weighted by atomic mass is 16.5. The van der Waals surface area contributed by atoms with Crippen molar-refractivity contribution in [3.05, 3.63) is 0 Å². The number of morpholine rings is 1. The van der Waals surface area contributed by atoms with Crippen molar-refractivity contribution in [3.63, 3.8) is 0 Å². The molecule has 17 heavy (non-hydrogen) atoms. The maximum Gasteiger partial charge on any atom is 0.241 e. The number of ether oxygens (including phenoxy) is 1. The normalized spacial score (nSPS) is 19.8. The van der Waals surface area contributed by atoms with Crippen LogP contribution in [0.2, 0.25) is 0 Å². The molecule has 6 nitrogen and oxygen atoms in total. The number of rotatable bonds is 5. The summed E-state index contributed by atoms with van der Waals surface area (Å²) < 4.78 is 5.41. The minimum Gasteiger partial charge on any atom is -0.375 e. The van der Waals surface area contributed by atoms with Gasteiger partial charge in [0.15, 0.2) is 0 Å². The van der Waals surface area contributed by atoms with Crippen LogP contribution >= 0.6 is 0 Å². The lowest BCUT2D eigenvalue weighted by molar-refractivity contribution is -0.132. The van der Waals surface area contributed by atoms with E-state index in [0.717, 1.165) is 6.54 Å². The average molecular weight is 243 g/mol. The predicted octanol–water partition coefficient (Wildman–Crippen LogP) is -1.04. The Bertz CT molecular complexity index is 265. The van der Waals surface area contributed by atoms with Crippen molar-refractivity contribution in [2.75, 3.05) is 39.8 Å². The first-order valence-corrected chi connectivity index (χ1v) is 5.96. The summed E-state index contributed by atoms with van der Waals surface area (Å²) in [5.74, 6) is -0.222. The number of hydrogen-bond donors (Lipinski definition) is 2. The lowest BCUT2D eigenvalue weighted by Crippen LogP contribution is -2.43. The van der Waals surface area contributed by atoms with Crippen LogP contribution in [0.15, 0.2) is 0 Å². The second kappa shape index (κ2) is 7.24. The van der Waals surface area contributed by atoms with Crippen LogP contribution in [-0.4, -0.2) is 62.7 Å². The van der Waals surface area contributed by atoms with Crippen LogP contribution in [0, 0.1) is 0 Å². The summed E-state index contributed by atoms with van der Waals surface area (Å²) in [5, 5.41) is 5.76. The van der Waals surface area contributed by atoms with Crippen molar-refractivity contribution in [1.82, 2.24) is 15.5 Å². The molecule has 6 heteroatoms. The molecule has 0 aromatic heterocycles. The third kappa shape index (κ3) is 5.14. The van der Waals surface area contributed by atoms with Crippen LogP contribution in [0.3, 0.4) is 0 Å². The highest BCUT2D eigenvalue weighted by Gasteiger charge is 2.17. The molecule has 2 N–H and O–H groups in total. The Morgan fingerprint density at radius 2 is 2.29 bits per heavy atom.